The zero-order valence-corrected chi connectivity index (χ0v) is 29.1. The van der Waals surface area contributed by atoms with E-state index in [1.165, 1.54) is 75.9 Å². The van der Waals surface area contributed by atoms with Gasteiger partial charge in [0, 0.05) is 0 Å². The van der Waals surface area contributed by atoms with E-state index in [0.717, 1.165) is 0 Å². The molecule has 0 aromatic heterocycles. The van der Waals surface area contributed by atoms with Gasteiger partial charge in [-0.05, 0) is 51.9 Å². The average molecular weight is 751 g/mol. The fraction of sp³-hybridized carbons (Fsp3) is 0.667. The van der Waals surface area contributed by atoms with E-state index < -0.39 is 16.5 Å². The quantitative estimate of drug-likeness (QED) is 0.291. The monoisotopic (exact) mass is 750 g/mol. The molecule has 4 rings (SSSR count). The SMILES string of the molecule is CC1=CCC([Si](C)(C)N2CCCC2)=[C-]1.CC1=CCC([Si](C)(C)N2CCCC2)=[C-]1.[Br-].[Br-].[Hf+4]. The van der Waals surface area contributed by atoms with Crippen molar-refractivity contribution in [2.75, 3.05) is 26.2 Å². The first kappa shape index (κ1) is 32.1. The number of halogens is 2. The fourth-order valence-electron chi connectivity index (χ4n) is 4.93. The zero-order chi connectivity index (χ0) is 20.4. The van der Waals surface area contributed by atoms with Crippen molar-refractivity contribution in [2.45, 2.75) is 78.6 Å². The van der Waals surface area contributed by atoms with Crippen molar-refractivity contribution in [3.8, 4) is 0 Å². The molecule has 0 amide bonds. The molecule has 0 radical (unpaired) electrons. The molecule has 0 bridgehead atoms. The van der Waals surface area contributed by atoms with Gasteiger partial charge in [-0.25, -0.2) is 23.3 Å². The van der Waals surface area contributed by atoms with Crippen LogP contribution < -0.4 is 34.0 Å². The van der Waals surface area contributed by atoms with Gasteiger partial charge in [-0.15, -0.1) is 0 Å². The normalized spacial score (nSPS) is 21.6. The van der Waals surface area contributed by atoms with Gasteiger partial charge in [-0.3, -0.25) is 12.2 Å². The first-order valence-electron chi connectivity index (χ1n) is 11.3. The minimum absolute atomic E-state index is 0. The van der Waals surface area contributed by atoms with Gasteiger partial charge >= 0.3 is 25.8 Å². The number of allylic oxidation sites excluding steroid dienone is 8. The van der Waals surface area contributed by atoms with Gasteiger partial charge in [-0.2, -0.15) is 10.4 Å². The minimum Gasteiger partial charge on any atom is -1.00 e. The molecule has 0 saturated carbocycles. The molecule has 0 atom stereocenters. The minimum atomic E-state index is -1.29. The van der Waals surface area contributed by atoms with E-state index in [4.69, 9.17) is 0 Å². The van der Waals surface area contributed by atoms with Gasteiger partial charge < -0.3 is 43.1 Å². The smallest absolute Gasteiger partial charge is 1.00 e. The molecule has 2 aliphatic carbocycles. The number of rotatable bonds is 4. The Hall–Kier alpha value is 1.14. The van der Waals surface area contributed by atoms with Crippen molar-refractivity contribution in [3.63, 3.8) is 0 Å². The molecule has 2 heterocycles. The van der Waals surface area contributed by atoms with Gasteiger partial charge in [0.05, 0.1) is 0 Å². The largest absolute Gasteiger partial charge is 4.00 e. The van der Waals surface area contributed by atoms with Gasteiger partial charge in [0.2, 0.25) is 0 Å². The Balaban J connectivity index is 0.000000529. The van der Waals surface area contributed by atoms with Crippen LogP contribution in [0, 0.1) is 12.2 Å². The summed E-state index contributed by atoms with van der Waals surface area (Å²) in [5.74, 6) is 0. The molecule has 0 unspecified atom stereocenters. The van der Waals surface area contributed by atoms with Crippen LogP contribution in [0.5, 0.6) is 0 Å². The topological polar surface area (TPSA) is 6.48 Å². The summed E-state index contributed by atoms with van der Waals surface area (Å²) in [6.07, 6.45) is 19.7. The van der Waals surface area contributed by atoms with Crippen molar-refractivity contribution in [1.29, 1.82) is 0 Å². The Morgan fingerprint density at radius 3 is 1.16 bits per heavy atom. The van der Waals surface area contributed by atoms with Crippen LogP contribution in [-0.2, 0) is 25.8 Å². The second kappa shape index (κ2) is 13.9. The third-order valence-corrected chi connectivity index (χ3v) is 14.9. The zero-order valence-electron chi connectivity index (χ0n) is 20.4. The summed E-state index contributed by atoms with van der Waals surface area (Å²) >= 11 is 0. The van der Waals surface area contributed by atoms with Crippen molar-refractivity contribution >= 4 is 16.5 Å². The van der Waals surface area contributed by atoms with E-state index in [2.05, 4.69) is 73.5 Å². The summed E-state index contributed by atoms with van der Waals surface area (Å²) in [4.78, 5) is 0. The summed E-state index contributed by atoms with van der Waals surface area (Å²) in [5.41, 5.74) is 2.69. The first-order valence-corrected chi connectivity index (χ1v) is 17.2. The molecule has 0 spiro atoms. The molecule has 2 aliphatic heterocycles. The molecule has 172 valence electrons. The molecule has 2 nitrogen and oxygen atoms in total. The maximum absolute atomic E-state index is 3.57. The van der Waals surface area contributed by atoms with E-state index in [1.54, 1.807) is 10.4 Å². The predicted octanol–water partition coefficient (Wildman–Crippen LogP) is -0.182. The molecule has 7 heteroatoms. The van der Waals surface area contributed by atoms with Crippen LogP contribution in [0.3, 0.4) is 0 Å². The number of nitrogens with zero attached hydrogens (tertiary/aromatic N) is 2. The summed E-state index contributed by atoms with van der Waals surface area (Å²) in [6.45, 7) is 19.5. The second-order valence-electron chi connectivity index (χ2n) is 9.90. The molecule has 4 aliphatic rings. The van der Waals surface area contributed by atoms with Crippen LogP contribution in [-0.4, -0.2) is 51.8 Å². The molecule has 2 fully saturated rings. The third-order valence-electron chi connectivity index (χ3n) is 7.19. The second-order valence-corrected chi connectivity index (χ2v) is 18.6. The average Bonchev–Trinajstić information content (AvgIpc) is 3.42. The Kier molecular flexibility index (Phi) is 14.4. The number of hydrogen-bond acceptors (Lipinski definition) is 2. The maximum atomic E-state index is 3.57. The van der Waals surface area contributed by atoms with Gasteiger partial charge in [0.25, 0.3) is 0 Å². The summed E-state index contributed by atoms with van der Waals surface area (Å²) < 4.78 is 5.48. The van der Waals surface area contributed by atoms with Crippen molar-refractivity contribution in [3.05, 3.63) is 45.8 Å². The Bertz CT molecular complexity index is 642. The van der Waals surface area contributed by atoms with E-state index in [1.807, 2.05) is 0 Å². The van der Waals surface area contributed by atoms with Crippen LogP contribution in [0.1, 0.15) is 52.4 Å². The Morgan fingerprint density at radius 1 is 0.645 bits per heavy atom. The van der Waals surface area contributed by atoms with Crippen LogP contribution in [0.2, 0.25) is 26.2 Å². The molecule has 0 aromatic rings. The van der Waals surface area contributed by atoms with E-state index in [-0.39, 0.29) is 59.8 Å². The van der Waals surface area contributed by atoms with Crippen LogP contribution in [0.25, 0.3) is 0 Å². The van der Waals surface area contributed by atoms with Crippen molar-refractivity contribution < 1.29 is 59.8 Å². The van der Waals surface area contributed by atoms with Gasteiger partial charge in [0.15, 0.2) is 0 Å². The Morgan fingerprint density at radius 2 is 0.935 bits per heavy atom. The predicted molar refractivity (Wildman–Crippen MR) is 127 cm³/mol. The number of hydrogen-bond donors (Lipinski definition) is 0. The molecular formula is C24H40Br2HfN2Si2. The molecule has 2 saturated heterocycles. The van der Waals surface area contributed by atoms with Gasteiger partial charge in [0.1, 0.15) is 16.5 Å². The van der Waals surface area contributed by atoms with E-state index in [9.17, 15) is 0 Å². The molecule has 31 heavy (non-hydrogen) atoms. The van der Waals surface area contributed by atoms with Crippen LogP contribution in [0.15, 0.2) is 33.7 Å². The molecule has 0 aromatic carbocycles. The Labute approximate surface area is 234 Å². The summed E-state index contributed by atoms with van der Waals surface area (Å²) in [5, 5.41) is 3.22. The van der Waals surface area contributed by atoms with Crippen LogP contribution >= 0.6 is 0 Å². The van der Waals surface area contributed by atoms with Crippen LogP contribution in [0.4, 0.5) is 0 Å². The summed E-state index contributed by atoms with van der Waals surface area (Å²) in [6, 6.07) is 0. The van der Waals surface area contributed by atoms with E-state index in [0.29, 0.717) is 0 Å². The summed E-state index contributed by atoms with van der Waals surface area (Å²) in [7, 11) is -2.58. The molecular weight excluding hydrogens is 711 g/mol. The maximum Gasteiger partial charge on any atom is 4.00 e. The van der Waals surface area contributed by atoms with Crippen molar-refractivity contribution in [1.82, 2.24) is 9.13 Å². The van der Waals surface area contributed by atoms with E-state index >= 15 is 0 Å². The van der Waals surface area contributed by atoms with Crippen molar-refractivity contribution in [2.24, 2.45) is 0 Å². The van der Waals surface area contributed by atoms with Gasteiger partial charge in [-0.1, -0.05) is 52.9 Å². The fourth-order valence-corrected chi connectivity index (χ4v) is 10.8. The standard InChI is InChI=1S/2C12H20NSi.2BrH.Hf/c2*1-11-6-7-12(10-11)14(2,3)13-8-4-5-9-13;;;/h2*6H,4-5,7-9H2,1-3H3;2*1H;/q2*-1;;;+4/p-2. The first-order chi connectivity index (χ1) is 13.2. The molecule has 0 N–H and O–H groups in total. The third kappa shape index (κ3) is 8.10.